The number of rotatable bonds is 5. The molecular formula is C17H20N6O3. The van der Waals surface area contributed by atoms with Crippen molar-refractivity contribution in [1.82, 2.24) is 19.6 Å². The number of carbonyl (C=O) groups is 1. The van der Waals surface area contributed by atoms with E-state index in [1.807, 2.05) is 36.2 Å². The Morgan fingerprint density at radius 2 is 1.96 bits per heavy atom. The van der Waals surface area contributed by atoms with Gasteiger partial charge in [0.15, 0.2) is 5.82 Å². The van der Waals surface area contributed by atoms with Crippen LogP contribution in [0.25, 0.3) is 5.65 Å². The predicted molar refractivity (Wildman–Crippen MR) is 97.1 cm³/mol. The molecule has 2 heterocycles. The average molecular weight is 356 g/mol. The van der Waals surface area contributed by atoms with Gasteiger partial charge in [-0.1, -0.05) is 0 Å². The molecule has 1 N–H and O–H groups in total. The fourth-order valence-corrected chi connectivity index (χ4v) is 2.40. The number of nitrogens with one attached hydrogen (secondary N) is 1. The third kappa shape index (κ3) is 3.51. The molecule has 0 saturated heterocycles. The van der Waals surface area contributed by atoms with Crippen LogP contribution in [0.3, 0.4) is 0 Å². The van der Waals surface area contributed by atoms with Crippen molar-refractivity contribution in [3.63, 3.8) is 0 Å². The lowest BCUT2D eigenvalue weighted by atomic mass is 10.3. The molecule has 136 valence electrons. The first-order valence-electron chi connectivity index (χ1n) is 8.04. The molecular weight excluding hydrogens is 336 g/mol. The van der Waals surface area contributed by atoms with Gasteiger partial charge in [0.05, 0.1) is 13.2 Å². The number of hydrogen-bond donors (Lipinski definition) is 1. The van der Waals surface area contributed by atoms with Gasteiger partial charge in [-0.2, -0.15) is 0 Å². The van der Waals surface area contributed by atoms with Crippen LogP contribution in [0.5, 0.6) is 5.75 Å². The second-order valence-electron chi connectivity index (χ2n) is 5.80. The molecule has 0 spiro atoms. The summed E-state index contributed by atoms with van der Waals surface area (Å²) < 4.78 is 11.9. The van der Waals surface area contributed by atoms with Crippen LogP contribution in [-0.4, -0.2) is 45.9 Å². The molecule has 0 unspecified atom stereocenters. The Labute approximate surface area is 150 Å². The van der Waals surface area contributed by atoms with E-state index < -0.39 is 6.09 Å². The molecule has 26 heavy (non-hydrogen) atoms. The van der Waals surface area contributed by atoms with Gasteiger partial charge < -0.3 is 14.4 Å². The number of amides is 1. The summed E-state index contributed by atoms with van der Waals surface area (Å²) >= 11 is 0. The molecule has 2 aromatic heterocycles. The van der Waals surface area contributed by atoms with Gasteiger partial charge >= 0.3 is 6.09 Å². The number of aromatic nitrogens is 4. The van der Waals surface area contributed by atoms with Crippen molar-refractivity contribution < 1.29 is 14.3 Å². The molecule has 0 aliphatic rings. The lowest BCUT2D eigenvalue weighted by Gasteiger charge is -2.18. The molecule has 0 atom stereocenters. The fraction of sp³-hybridized carbons (Fsp3) is 0.294. The summed E-state index contributed by atoms with van der Waals surface area (Å²) in [6, 6.07) is 7.56. The molecule has 0 aliphatic heterocycles. The normalized spacial score (nSPS) is 10.8. The highest BCUT2D eigenvalue weighted by atomic mass is 16.6. The Bertz CT molecular complexity index is 907. The Morgan fingerprint density at radius 3 is 2.62 bits per heavy atom. The minimum atomic E-state index is -0.587. The molecule has 1 amide bonds. The van der Waals surface area contributed by atoms with E-state index >= 15 is 0 Å². The second kappa shape index (κ2) is 7.26. The van der Waals surface area contributed by atoms with Crippen LogP contribution in [-0.2, 0) is 4.74 Å². The van der Waals surface area contributed by atoms with E-state index in [4.69, 9.17) is 9.47 Å². The van der Waals surface area contributed by atoms with Gasteiger partial charge in [0.2, 0.25) is 11.6 Å². The number of fused-ring (bicyclic) bond motifs is 1. The number of anilines is 3. The SMILES string of the molecule is COc1ccc(N(C)c2nccn3c(NC(=O)OC(C)C)nnc23)cc1. The van der Waals surface area contributed by atoms with Gasteiger partial charge in [0.1, 0.15) is 5.75 Å². The number of ether oxygens (including phenoxy) is 2. The van der Waals surface area contributed by atoms with Crippen molar-refractivity contribution in [3.8, 4) is 5.75 Å². The van der Waals surface area contributed by atoms with Crippen LogP contribution >= 0.6 is 0 Å². The van der Waals surface area contributed by atoms with Gasteiger partial charge in [0.25, 0.3) is 0 Å². The Kier molecular flexibility index (Phi) is 4.87. The third-order valence-corrected chi connectivity index (χ3v) is 3.64. The van der Waals surface area contributed by atoms with Crippen molar-refractivity contribution in [1.29, 1.82) is 0 Å². The lowest BCUT2D eigenvalue weighted by molar-refractivity contribution is 0.129. The summed E-state index contributed by atoms with van der Waals surface area (Å²) in [5.74, 6) is 1.62. The number of benzene rings is 1. The quantitative estimate of drug-likeness (QED) is 0.751. The molecule has 3 rings (SSSR count). The summed E-state index contributed by atoms with van der Waals surface area (Å²) in [4.78, 5) is 18.1. The van der Waals surface area contributed by atoms with Crippen molar-refractivity contribution in [2.75, 3.05) is 24.4 Å². The Morgan fingerprint density at radius 1 is 1.23 bits per heavy atom. The van der Waals surface area contributed by atoms with Crippen molar-refractivity contribution >= 4 is 29.2 Å². The van der Waals surface area contributed by atoms with Crippen molar-refractivity contribution in [2.45, 2.75) is 20.0 Å². The first kappa shape index (κ1) is 17.5. The van der Waals surface area contributed by atoms with E-state index in [9.17, 15) is 4.79 Å². The standard InChI is InChI=1S/C17H20N6O3/c1-11(2)26-17(24)19-16-21-20-15-14(18-9-10-23(15)16)22(3)12-5-7-13(25-4)8-6-12/h5-11H,1-4H3,(H,19,21,24). The number of nitrogens with zero attached hydrogens (tertiary/aromatic N) is 5. The van der Waals surface area contributed by atoms with E-state index in [1.165, 1.54) is 0 Å². The van der Waals surface area contributed by atoms with E-state index in [-0.39, 0.29) is 12.1 Å². The molecule has 0 radical (unpaired) electrons. The Hall–Kier alpha value is -3.36. The van der Waals surface area contributed by atoms with Gasteiger partial charge in [-0.25, -0.2) is 9.78 Å². The van der Waals surface area contributed by atoms with E-state index in [2.05, 4.69) is 20.5 Å². The van der Waals surface area contributed by atoms with Gasteiger partial charge in [0, 0.05) is 25.1 Å². The summed E-state index contributed by atoms with van der Waals surface area (Å²) in [6.45, 7) is 3.54. The number of hydrogen-bond acceptors (Lipinski definition) is 7. The molecule has 0 fully saturated rings. The third-order valence-electron chi connectivity index (χ3n) is 3.64. The smallest absolute Gasteiger partial charge is 0.414 e. The zero-order valence-corrected chi connectivity index (χ0v) is 15.0. The zero-order valence-electron chi connectivity index (χ0n) is 15.0. The highest BCUT2D eigenvalue weighted by Crippen LogP contribution is 2.27. The number of carbonyl (C=O) groups excluding carboxylic acids is 1. The molecule has 1 aromatic carbocycles. The van der Waals surface area contributed by atoms with Gasteiger partial charge in [-0.3, -0.25) is 9.72 Å². The minimum absolute atomic E-state index is 0.229. The minimum Gasteiger partial charge on any atom is -0.497 e. The summed E-state index contributed by atoms with van der Waals surface area (Å²) in [6.07, 6.45) is 2.47. The largest absolute Gasteiger partial charge is 0.497 e. The maximum Gasteiger partial charge on any atom is 0.414 e. The van der Waals surface area contributed by atoms with Crippen LogP contribution in [0.2, 0.25) is 0 Å². The molecule has 9 heteroatoms. The summed E-state index contributed by atoms with van der Waals surface area (Å²) in [5, 5.41) is 10.7. The van der Waals surface area contributed by atoms with Gasteiger partial charge in [-0.15, -0.1) is 10.2 Å². The maximum absolute atomic E-state index is 11.8. The fourth-order valence-electron chi connectivity index (χ4n) is 2.40. The predicted octanol–water partition coefficient (Wildman–Crippen LogP) is 2.86. The van der Waals surface area contributed by atoms with Crippen LogP contribution < -0.4 is 15.0 Å². The highest BCUT2D eigenvalue weighted by molar-refractivity contribution is 5.83. The van der Waals surface area contributed by atoms with Crippen LogP contribution in [0.15, 0.2) is 36.7 Å². The van der Waals surface area contributed by atoms with E-state index in [1.54, 1.807) is 37.8 Å². The topological polar surface area (TPSA) is 93.9 Å². The molecule has 0 aliphatic carbocycles. The van der Waals surface area contributed by atoms with Crippen LogP contribution in [0.4, 0.5) is 22.2 Å². The van der Waals surface area contributed by atoms with Crippen molar-refractivity contribution in [2.24, 2.45) is 0 Å². The molecule has 0 bridgehead atoms. The Balaban J connectivity index is 1.91. The van der Waals surface area contributed by atoms with Crippen molar-refractivity contribution in [3.05, 3.63) is 36.7 Å². The lowest BCUT2D eigenvalue weighted by Crippen LogP contribution is -2.19. The average Bonchev–Trinajstić information content (AvgIpc) is 3.03. The van der Waals surface area contributed by atoms with Crippen LogP contribution in [0.1, 0.15) is 13.8 Å². The molecule has 9 nitrogen and oxygen atoms in total. The second-order valence-corrected chi connectivity index (χ2v) is 5.80. The van der Waals surface area contributed by atoms with E-state index in [0.717, 1.165) is 11.4 Å². The van der Waals surface area contributed by atoms with Crippen LogP contribution in [0, 0.1) is 0 Å². The maximum atomic E-state index is 11.8. The summed E-state index contributed by atoms with van der Waals surface area (Å²) in [5.41, 5.74) is 1.41. The summed E-state index contributed by atoms with van der Waals surface area (Å²) in [7, 11) is 3.50. The molecule has 3 aromatic rings. The zero-order chi connectivity index (χ0) is 18.7. The first-order valence-corrected chi connectivity index (χ1v) is 8.04. The van der Waals surface area contributed by atoms with Gasteiger partial charge in [-0.05, 0) is 38.1 Å². The molecule has 0 saturated carbocycles. The van der Waals surface area contributed by atoms with E-state index in [0.29, 0.717) is 11.5 Å². The highest BCUT2D eigenvalue weighted by Gasteiger charge is 2.17. The first-order chi connectivity index (χ1) is 12.5. The monoisotopic (exact) mass is 356 g/mol. The number of methoxy groups -OCH3 is 1.